The summed E-state index contributed by atoms with van der Waals surface area (Å²) in [6, 6.07) is 4.98. The Kier molecular flexibility index (Phi) is 4.90. The fraction of sp³-hybridized carbons (Fsp3) is 0.412. The van der Waals surface area contributed by atoms with Crippen LogP contribution in [-0.4, -0.2) is 33.1 Å². The summed E-state index contributed by atoms with van der Waals surface area (Å²) in [6.07, 6.45) is -4.41. The van der Waals surface area contributed by atoms with Crippen LogP contribution in [0.25, 0.3) is 0 Å². The lowest BCUT2D eigenvalue weighted by Crippen LogP contribution is -2.36. The van der Waals surface area contributed by atoms with Crippen LogP contribution in [0.5, 0.6) is 11.5 Å². The number of nitrogens with one attached hydrogen (secondary N) is 1. The van der Waals surface area contributed by atoms with Crippen LogP contribution in [0.3, 0.4) is 0 Å². The van der Waals surface area contributed by atoms with Crippen molar-refractivity contribution in [2.45, 2.75) is 32.6 Å². The summed E-state index contributed by atoms with van der Waals surface area (Å²) in [4.78, 5) is 19.4. The van der Waals surface area contributed by atoms with Crippen LogP contribution >= 0.6 is 0 Å². The van der Waals surface area contributed by atoms with Gasteiger partial charge in [0.25, 0.3) is 5.56 Å². The number of aromatic nitrogens is 2. The molecule has 1 aromatic carbocycles. The van der Waals surface area contributed by atoms with Gasteiger partial charge in [0.05, 0.1) is 17.9 Å². The highest BCUT2D eigenvalue weighted by atomic mass is 19.4. The van der Waals surface area contributed by atoms with Crippen LogP contribution in [0.1, 0.15) is 29.6 Å². The van der Waals surface area contributed by atoms with Gasteiger partial charge in [0.2, 0.25) is 5.82 Å². The predicted molar refractivity (Wildman–Crippen MR) is 87.0 cm³/mol. The lowest BCUT2D eigenvalue weighted by atomic mass is 10.1. The zero-order valence-corrected chi connectivity index (χ0v) is 14.1. The molecule has 0 amide bonds. The van der Waals surface area contributed by atoms with Crippen molar-refractivity contribution < 1.29 is 23.0 Å². The average Bonchev–Trinajstić information content (AvgIpc) is 2.57. The van der Waals surface area contributed by atoms with Gasteiger partial charge in [-0.2, -0.15) is 13.2 Å². The maximum absolute atomic E-state index is 12.8. The molecule has 0 fully saturated rings. The number of benzene rings is 1. The third-order valence-corrected chi connectivity index (χ3v) is 4.15. The number of fused-ring (bicyclic) bond motifs is 1. The summed E-state index contributed by atoms with van der Waals surface area (Å²) in [6.45, 7) is 3.38. The van der Waals surface area contributed by atoms with Gasteiger partial charge in [0, 0.05) is 26.1 Å². The van der Waals surface area contributed by atoms with Gasteiger partial charge in [0.1, 0.15) is 0 Å². The van der Waals surface area contributed by atoms with Gasteiger partial charge in [0.15, 0.2) is 11.5 Å². The molecule has 9 heteroatoms. The van der Waals surface area contributed by atoms with Crippen LogP contribution in [0.2, 0.25) is 0 Å². The van der Waals surface area contributed by atoms with E-state index < -0.39 is 17.6 Å². The Morgan fingerprint density at radius 3 is 2.85 bits per heavy atom. The smallest absolute Gasteiger partial charge is 0.449 e. The first-order valence-electron chi connectivity index (χ1n) is 8.14. The van der Waals surface area contributed by atoms with Gasteiger partial charge >= 0.3 is 6.18 Å². The molecule has 0 bridgehead atoms. The second kappa shape index (κ2) is 6.99. The number of hydrogen-bond acceptors (Lipinski definition) is 5. The number of aromatic hydroxyl groups is 1. The molecule has 1 aliphatic rings. The summed E-state index contributed by atoms with van der Waals surface area (Å²) in [5, 5.41) is 9.75. The first kappa shape index (κ1) is 18.2. The zero-order valence-electron chi connectivity index (χ0n) is 14.1. The monoisotopic (exact) mass is 369 g/mol. The SMILES string of the molecule is CCOc1cc(CN2CCc3nc(C(F)(F)F)[nH]c(=O)c3C2)ccc1O. The first-order valence-corrected chi connectivity index (χ1v) is 8.14. The molecule has 0 radical (unpaired) electrons. The van der Waals surface area contributed by atoms with Gasteiger partial charge < -0.3 is 14.8 Å². The molecule has 1 aliphatic heterocycles. The highest BCUT2D eigenvalue weighted by molar-refractivity contribution is 5.41. The molecule has 2 heterocycles. The van der Waals surface area contributed by atoms with E-state index in [1.165, 1.54) is 6.07 Å². The van der Waals surface area contributed by atoms with Crippen molar-refractivity contribution in [3.8, 4) is 11.5 Å². The average molecular weight is 369 g/mol. The van der Waals surface area contributed by atoms with E-state index in [-0.39, 0.29) is 30.0 Å². The normalized spacial score (nSPS) is 14.9. The quantitative estimate of drug-likeness (QED) is 0.866. The lowest BCUT2D eigenvalue weighted by molar-refractivity contribution is -0.145. The minimum absolute atomic E-state index is 0.0416. The molecular weight excluding hydrogens is 351 g/mol. The van der Waals surface area contributed by atoms with Crippen molar-refractivity contribution in [1.29, 1.82) is 0 Å². The molecule has 140 valence electrons. The summed E-state index contributed by atoms with van der Waals surface area (Å²) in [5.41, 5.74) is 0.560. The first-order chi connectivity index (χ1) is 12.3. The molecule has 2 N–H and O–H groups in total. The van der Waals surface area contributed by atoms with E-state index in [4.69, 9.17) is 4.74 Å². The van der Waals surface area contributed by atoms with Crippen LogP contribution in [0.4, 0.5) is 13.2 Å². The fourth-order valence-electron chi connectivity index (χ4n) is 2.94. The number of H-pyrrole nitrogens is 1. The van der Waals surface area contributed by atoms with Crippen molar-refractivity contribution in [3.63, 3.8) is 0 Å². The van der Waals surface area contributed by atoms with E-state index in [0.29, 0.717) is 25.4 Å². The number of halogens is 3. The molecule has 0 saturated carbocycles. The highest BCUT2D eigenvalue weighted by Gasteiger charge is 2.35. The summed E-state index contributed by atoms with van der Waals surface area (Å²) in [5.74, 6) is -0.841. The largest absolute Gasteiger partial charge is 0.504 e. The van der Waals surface area contributed by atoms with Crippen LogP contribution in [-0.2, 0) is 25.7 Å². The maximum atomic E-state index is 12.8. The zero-order chi connectivity index (χ0) is 18.9. The van der Waals surface area contributed by atoms with Crippen molar-refractivity contribution in [3.05, 3.63) is 51.2 Å². The molecular formula is C17H18F3N3O3. The summed E-state index contributed by atoms with van der Waals surface area (Å²) in [7, 11) is 0. The number of phenols is 1. The highest BCUT2D eigenvalue weighted by Crippen LogP contribution is 2.29. The van der Waals surface area contributed by atoms with Crippen LogP contribution in [0, 0.1) is 0 Å². The predicted octanol–water partition coefficient (Wildman–Crippen LogP) is 2.45. The molecule has 26 heavy (non-hydrogen) atoms. The van der Waals surface area contributed by atoms with Crippen LogP contribution in [0.15, 0.2) is 23.0 Å². The topological polar surface area (TPSA) is 78.5 Å². The van der Waals surface area contributed by atoms with Crippen LogP contribution < -0.4 is 10.3 Å². The van der Waals surface area contributed by atoms with Gasteiger partial charge in [-0.1, -0.05) is 6.07 Å². The minimum atomic E-state index is -4.67. The molecule has 0 spiro atoms. The number of aromatic amines is 1. The standard InChI is InChI=1S/C17H18F3N3O3/c1-2-26-14-7-10(3-4-13(14)24)8-23-6-5-12-11(9-23)15(25)22-16(21-12)17(18,19)20/h3-4,7,24H,2,5-6,8-9H2,1H3,(H,21,22,25). The second-order valence-corrected chi connectivity index (χ2v) is 6.03. The van der Waals surface area contributed by atoms with E-state index in [1.54, 1.807) is 12.1 Å². The van der Waals surface area contributed by atoms with Gasteiger partial charge in [-0.15, -0.1) is 0 Å². The Hall–Kier alpha value is -2.55. The number of phenolic OH excluding ortho intramolecular Hbond substituents is 1. The van der Waals surface area contributed by atoms with Crippen molar-refractivity contribution in [2.24, 2.45) is 0 Å². The second-order valence-electron chi connectivity index (χ2n) is 6.03. The third-order valence-electron chi connectivity index (χ3n) is 4.15. The van der Waals surface area contributed by atoms with E-state index in [9.17, 15) is 23.1 Å². The number of rotatable bonds is 4. The fourth-order valence-corrected chi connectivity index (χ4v) is 2.94. The Bertz CT molecular complexity index is 865. The minimum Gasteiger partial charge on any atom is -0.504 e. The molecule has 0 atom stereocenters. The van der Waals surface area contributed by atoms with E-state index >= 15 is 0 Å². The summed E-state index contributed by atoms with van der Waals surface area (Å²) >= 11 is 0. The number of nitrogens with zero attached hydrogens (tertiary/aromatic N) is 2. The Balaban J connectivity index is 1.79. The molecule has 0 unspecified atom stereocenters. The summed E-state index contributed by atoms with van der Waals surface area (Å²) < 4.78 is 43.6. The Morgan fingerprint density at radius 2 is 2.15 bits per heavy atom. The molecule has 2 aromatic rings. The Morgan fingerprint density at radius 1 is 1.38 bits per heavy atom. The molecule has 0 aliphatic carbocycles. The molecule has 6 nitrogen and oxygen atoms in total. The van der Waals surface area contributed by atoms with E-state index in [1.807, 2.05) is 16.8 Å². The van der Waals surface area contributed by atoms with Crippen molar-refractivity contribution >= 4 is 0 Å². The van der Waals surface area contributed by atoms with Gasteiger partial charge in [-0.05, 0) is 24.6 Å². The van der Waals surface area contributed by atoms with Gasteiger partial charge in [-0.25, -0.2) is 4.98 Å². The molecule has 1 aromatic heterocycles. The maximum Gasteiger partial charge on any atom is 0.449 e. The van der Waals surface area contributed by atoms with Gasteiger partial charge in [-0.3, -0.25) is 9.69 Å². The number of ether oxygens (including phenoxy) is 1. The third kappa shape index (κ3) is 3.82. The van der Waals surface area contributed by atoms with E-state index in [2.05, 4.69) is 4.98 Å². The van der Waals surface area contributed by atoms with Crippen molar-refractivity contribution in [2.75, 3.05) is 13.2 Å². The Labute approximate surface area is 147 Å². The molecule has 0 saturated heterocycles. The number of alkyl halides is 3. The lowest BCUT2D eigenvalue weighted by Gasteiger charge is -2.28. The molecule has 3 rings (SSSR count). The van der Waals surface area contributed by atoms with E-state index in [0.717, 1.165) is 5.56 Å². The number of hydrogen-bond donors (Lipinski definition) is 2. The van der Waals surface area contributed by atoms with Crippen molar-refractivity contribution in [1.82, 2.24) is 14.9 Å².